The van der Waals surface area contributed by atoms with Crippen LogP contribution in [0.5, 0.6) is 0 Å². The van der Waals surface area contributed by atoms with Gasteiger partial charge < -0.3 is 9.88 Å². The molecule has 0 aliphatic carbocycles. The summed E-state index contributed by atoms with van der Waals surface area (Å²) in [5.74, 6) is 1.23. The minimum absolute atomic E-state index is 0.475. The highest BCUT2D eigenvalue weighted by atomic mass is 15.1. The van der Waals surface area contributed by atoms with Gasteiger partial charge in [0.2, 0.25) is 0 Å². The normalized spacial score (nSPS) is 24.0. The first-order chi connectivity index (χ1) is 7.33. The zero-order valence-corrected chi connectivity index (χ0v) is 9.74. The Hall–Kier alpha value is -0.830. The summed E-state index contributed by atoms with van der Waals surface area (Å²) < 4.78 is 2.32. The predicted molar refractivity (Wildman–Crippen MR) is 61.8 cm³/mol. The lowest BCUT2D eigenvalue weighted by Gasteiger charge is -2.25. The highest BCUT2D eigenvalue weighted by molar-refractivity contribution is 5.02. The molecule has 3 nitrogen and oxygen atoms in total. The Bertz CT molecular complexity index is 300. The van der Waals surface area contributed by atoms with E-state index in [-0.39, 0.29) is 0 Å². The van der Waals surface area contributed by atoms with E-state index in [1.807, 2.05) is 6.20 Å². The third-order valence-corrected chi connectivity index (χ3v) is 3.39. The van der Waals surface area contributed by atoms with Gasteiger partial charge in [-0.3, -0.25) is 0 Å². The van der Waals surface area contributed by atoms with Gasteiger partial charge in [-0.25, -0.2) is 4.98 Å². The number of aromatic nitrogens is 2. The molecule has 0 aromatic carbocycles. The van der Waals surface area contributed by atoms with Gasteiger partial charge in [-0.2, -0.15) is 0 Å². The molecule has 3 heteroatoms. The second kappa shape index (κ2) is 4.79. The van der Waals surface area contributed by atoms with E-state index in [0.29, 0.717) is 12.1 Å². The molecule has 84 valence electrons. The minimum atomic E-state index is 0.475. The van der Waals surface area contributed by atoms with Gasteiger partial charge in [-0.1, -0.05) is 13.3 Å². The van der Waals surface area contributed by atoms with Crippen molar-refractivity contribution in [2.24, 2.45) is 0 Å². The molecular formula is C12H21N3. The molecule has 0 spiro atoms. The highest BCUT2D eigenvalue weighted by Gasteiger charge is 2.20. The maximum atomic E-state index is 4.51. The summed E-state index contributed by atoms with van der Waals surface area (Å²) in [5, 5.41) is 3.56. The van der Waals surface area contributed by atoms with Crippen molar-refractivity contribution in [1.82, 2.24) is 14.9 Å². The van der Waals surface area contributed by atoms with E-state index in [1.165, 1.54) is 25.1 Å². The lowest BCUT2D eigenvalue weighted by atomic mass is 10.0. The molecule has 2 rings (SSSR count). The Morgan fingerprint density at radius 1 is 1.60 bits per heavy atom. The molecule has 1 aromatic rings. The van der Waals surface area contributed by atoms with Gasteiger partial charge in [-0.15, -0.1) is 0 Å². The molecule has 2 unspecified atom stereocenters. The van der Waals surface area contributed by atoms with E-state index in [1.54, 1.807) is 0 Å². The first kappa shape index (κ1) is 10.7. The predicted octanol–water partition coefficient (Wildman–Crippen LogP) is 2.67. The van der Waals surface area contributed by atoms with Gasteiger partial charge >= 0.3 is 0 Å². The number of piperidine rings is 1. The van der Waals surface area contributed by atoms with Crippen molar-refractivity contribution < 1.29 is 0 Å². The molecule has 1 aromatic heterocycles. The second-order valence-corrected chi connectivity index (χ2v) is 4.45. The number of hydrogen-bond acceptors (Lipinski definition) is 2. The van der Waals surface area contributed by atoms with Crippen LogP contribution in [0.25, 0.3) is 0 Å². The summed E-state index contributed by atoms with van der Waals surface area (Å²) in [6.45, 7) is 5.62. The summed E-state index contributed by atoms with van der Waals surface area (Å²) in [6, 6.07) is 1.04. The number of rotatable bonds is 3. The van der Waals surface area contributed by atoms with Crippen molar-refractivity contribution >= 4 is 0 Å². The number of imidazole rings is 1. The van der Waals surface area contributed by atoms with E-state index in [2.05, 4.69) is 34.9 Å². The van der Waals surface area contributed by atoms with Crippen LogP contribution in [0.1, 0.15) is 57.4 Å². The van der Waals surface area contributed by atoms with Crippen molar-refractivity contribution in [2.75, 3.05) is 6.54 Å². The Morgan fingerprint density at radius 2 is 2.47 bits per heavy atom. The quantitative estimate of drug-likeness (QED) is 0.825. The van der Waals surface area contributed by atoms with Crippen molar-refractivity contribution in [1.29, 1.82) is 0 Å². The summed E-state index contributed by atoms with van der Waals surface area (Å²) in [6.07, 6.45) is 9.06. The third kappa shape index (κ3) is 2.23. The fourth-order valence-electron chi connectivity index (χ4n) is 2.24. The highest BCUT2D eigenvalue weighted by Crippen LogP contribution is 2.24. The number of nitrogens with zero attached hydrogens (tertiary/aromatic N) is 2. The van der Waals surface area contributed by atoms with Gasteiger partial charge in [-0.05, 0) is 32.7 Å². The average Bonchev–Trinajstić information content (AvgIpc) is 2.78. The van der Waals surface area contributed by atoms with Crippen molar-refractivity contribution in [2.45, 2.75) is 51.6 Å². The fraction of sp³-hybridized carbons (Fsp3) is 0.750. The summed E-state index contributed by atoms with van der Waals surface area (Å²) in [5.41, 5.74) is 0. The van der Waals surface area contributed by atoms with Crippen LogP contribution >= 0.6 is 0 Å². The molecular weight excluding hydrogens is 186 g/mol. The Kier molecular flexibility index (Phi) is 3.41. The van der Waals surface area contributed by atoms with Gasteiger partial charge in [0.15, 0.2) is 0 Å². The van der Waals surface area contributed by atoms with Crippen molar-refractivity contribution in [3.63, 3.8) is 0 Å². The van der Waals surface area contributed by atoms with Gasteiger partial charge in [0.05, 0.1) is 6.04 Å². The molecule has 1 fully saturated rings. The maximum absolute atomic E-state index is 4.51. The first-order valence-corrected chi connectivity index (χ1v) is 6.09. The standard InChI is InChI=1S/C12H21N3/c1-3-10(2)15-9-8-14-12(15)11-6-4-5-7-13-11/h8-11,13H,3-7H2,1-2H3. The number of nitrogens with one attached hydrogen (secondary N) is 1. The molecule has 1 N–H and O–H groups in total. The van der Waals surface area contributed by atoms with Crippen LogP contribution in [0.4, 0.5) is 0 Å². The maximum Gasteiger partial charge on any atom is 0.126 e. The smallest absolute Gasteiger partial charge is 0.126 e. The second-order valence-electron chi connectivity index (χ2n) is 4.45. The van der Waals surface area contributed by atoms with Crippen LogP contribution in [0, 0.1) is 0 Å². The van der Waals surface area contributed by atoms with Crippen LogP contribution in [0.2, 0.25) is 0 Å². The molecule has 1 aliphatic rings. The zero-order valence-electron chi connectivity index (χ0n) is 9.74. The van der Waals surface area contributed by atoms with E-state index in [4.69, 9.17) is 0 Å². The molecule has 0 bridgehead atoms. The first-order valence-electron chi connectivity index (χ1n) is 6.09. The summed E-state index contributed by atoms with van der Waals surface area (Å²) in [7, 11) is 0. The van der Waals surface area contributed by atoms with Crippen LogP contribution in [-0.2, 0) is 0 Å². The summed E-state index contributed by atoms with van der Waals surface area (Å²) >= 11 is 0. The SMILES string of the molecule is CCC(C)n1ccnc1C1CCCCN1. The number of hydrogen-bond donors (Lipinski definition) is 1. The Labute approximate surface area is 91.9 Å². The van der Waals surface area contributed by atoms with E-state index in [0.717, 1.165) is 13.0 Å². The van der Waals surface area contributed by atoms with E-state index < -0.39 is 0 Å². The van der Waals surface area contributed by atoms with Crippen LogP contribution in [-0.4, -0.2) is 16.1 Å². The third-order valence-electron chi connectivity index (χ3n) is 3.39. The molecule has 1 aliphatic heterocycles. The molecule has 0 saturated carbocycles. The van der Waals surface area contributed by atoms with E-state index >= 15 is 0 Å². The molecule has 1 saturated heterocycles. The lowest BCUT2D eigenvalue weighted by molar-refractivity contribution is 0.372. The molecule has 0 radical (unpaired) electrons. The van der Waals surface area contributed by atoms with E-state index in [9.17, 15) is 0 Å². The van der Waals surface area contributed by atoms with Crippen LogP contribution in [0.3, 0.4) is 0 Å². The van der Waals surface area contributed by atoms with Crippen molar-refractivity contribution in [3.8, 4) is 0 Å². The zero-order chi connectivity index (χ0) is 10.7. The minimum Gasteiger partial charge on any atom is -0.331 e. The molecule has 15 heavy (non-hydrogen) atoms. The van der Waals surface area contributed by atoms with Gasteiger partial charge in [0.25, 0.3) is 0 Å². The lowest BCUT2D eigenvalue weighted by Crippen LogP contribution is -2.29. The van der Waals surface area contributed by atoms with Gasteiger partial charge in [0, 0.05) is 18.4 Å². The average molecular weight is 207 g/mol. The van der Waals surface area contributed by atoms with Crippen LogP contribution < -0.4 is 5.32 Å². The summed E-state index contributed by atoms with van der Waals surface area (Å²) in [4.78, 5) is 4.51. The van der Waals surface area contributed by atoms with Crippen LogP contribution in [0.15, 0.2) is 12.4 Å². The van der Waals surface area contributed by atoms with Gasteiger partial charge in [0.1, 0.15) is 5.82 Å². The van der Waals surface area contributed by atoms with Crippen molar-refractivity contribution in [3.05, 3.63) is 18.2 Å². The largest absolute Gasteiger partial charge is 0.331 e. The molecule has 0 amide bonds. The fourth-order valence-corrected chi connectivity index (χ4v) is 2.24. The Balaban J connectivity index is 2.15. The topological polar surface area (TPSA) is 29.9 Å². The molecule has 2 heterocycles. The molecule has 2 atom stereocenters. The Morgan fingerprint density at radius 3 is 3.13 bits per heavy atom. The monoisotopic (exact) mass is 207 g/mol.